The summed E-state index contributed by atoms with van der Waals surface area (Å²) in [5, 5.41) is 1.02. The van der Waals surface area contributed by atoms with E-state index >= 15 is 0 Å². The van der Waals surface area contributed by atoms with Gasteiger partial charge in [0.15, 0.2) is 5.75 Å². The van der Waals surface area contributed by atoms with Crippen molar-refractivity contribution in [3.63, 3.8) is 0 Å². The Bertz CT molecular complexity index is 1540. The molecule has 6 nitrogen and oxygen atoms in total. The van der Waals surface area contributed by atoms with E-state index in [0.717, 1.165) is 22.2 Å². The number of benzene rings is 2. The van der Waals surface area contributed by atoms with Crippen LogP contribution in [-0.2, 0) is 7.05 Å². The summed E-state index contributed by atoms with van der Waals surface area (Å²) in [5.41, 5.74) is 2.57. The number of hydrogen-bond acceptors (Lipinski definition) is 4. The molecule has 5 aromatic rings. The molecule has 0 saturated carbocycles. The Morgan fingerprint density at radius 1 is 1.16 bits per heavy atom. The number of nitrogens with zero attached hydrogens (tertiary/aromatic N) is 3. The number of ether oxygens (including phenoxy) is 1. The molecule has 0 fully saturated rings. The van der Waals surface area contributed by atoms with Crippen molar-refractivity contribution in [3.8, 4) is 22.6 Å². The van der Waals surface area contributed by atoms with Crippen LogP contribution in [0.2, 0.25) is 5.02 Å². The average molecular weight is 435 g/mol. The first-order chi connectivity index (χ1) is 14.9. The van der Waals surface area contributed by atoms with Crippen LogP contribution in [0.15, 0.2) is 59.7 Å². The van der Waals surface area contributed by atoms with Gasteiger partial charge in [-0.2, -0.15) is 0 Å². The van der Waals surface area contributed by atoms with E-state index < -0.39 is 5.82 Å². The third-order valence-electron chi connectivity index (χ3n) is 5.07. The standard InChI is InChI=1S/C23H16ClFN4O2/c1-12-27-20-11-26-19-10-18(25)15(9-16(19)22(20)28-12)14-6-5-13(8-17(14)24)31-21-4-3-7-29(2)23(21)30/h3-11H,1-2H3,(H,27,28). The van der Waals surface area contributed by atoms with Crippen molar-refractivity contribution in [2.24, 2.45) is 7.05 Å². The van der Waals surface area contributed by atoms with Gasteiger partial charge < -0.3 is 14.3 Å². The molecule has 0 amide bonds. The second kappa shape index (κ2) is 7.21. The lowest BCUT2D eigenvalue weighted by molar-refractivity contribution is 0.470. The SMILES string of the molecule is Cc1nc2c(cnc3cc(F)c(-c4ccc(Oc5cccn(C)c5=O)cc4Cl)cc32)[nH]1. The van der Waals surface area contributed by atoms with Crippen LogP contribution in [0.25, 0.3) is 33.1 Å². The summed E-state index contributed by atoms with van der Waals surface area (Å²) in [6.45, 7) is 1.85. The van der Waals surface area contributed by atoms with Gasteiger partial charge in [0.2, 0.25) is 0 Å². The van der Waals surface area contributed by atoms with Crippen LogP contribution in [0, 0.1) is 12.7 Å². The normalized spacial score (nSPS) is 11.4. The first kappa shape index (κ1) is 19.3. The summed E-state index contributed by atoms with van der Waals surface area (Å²) in [6, 6.07) is 11.2. The van der Waals surface area contributed by atoms with Gasteiger partial charge in [-0.05, 0) is 37.3 Å². The Hall–Kier alpha value is -3.71. The molecule has 31 heavy (non-hydrogen) atoms. The fourth-order valence-corrected chi connectivity index (χ4v) is 3.84. The number of fused-ring (bicyclic) bond motifs is 3. The molecule has 0 atom stereocenters. The summed E-state index contributed by atoms with van der Waals surface area (Å²) in [6.07, 6.45) is 3.28. The van der Waals surface area contributed by atoms with Gasteiger partial charge in [0.25, 0.3) is 5.56 Å². The van der Waals surface area contributed by atoms with Crippen molar-refractivity contribution in [1.29, 1.82) is 0 Å². The quantitative estimate of drug-likeness (QED) is 0.414. The summed E-state index contributed by atoms with van der Waals surface area (Å²) in [5.74, 6) is 0.860. The molecule has 3 aromatic heterocycles. The van der Waals surface area contributed by atoms with Crippen molar-refractivity contribution in [1.82, 2.24) is 19.5 Å². The fourth-order valence-electron chi connectivity index (χ4n) is 3.56. The van der Waals surface area contributed by atoms with Gasteiger partial charge in [0.1, 0.15) is 17.4 Å². The lowest BCUT2D eigenvalue weighted by atomic mass is 10.0. The molecule has 2 aromatic carbocycles. The van der Waals surface area contributed by atoms with E-state index in [-0.39, 0.29) is 11.3 Å². The molecule has 0 aliphatic heterocycles. The number of H-pyrrole nitrogens is 1. The second-order valence-corrected chi connectivity index (χ2v) is 7.63. The minimum atomic E-state index is -0.445. The first-order valence-corrected chi connectivity index (χ1v) is 9.86. The third kappa shape index (κ3) is 3.33. The fraction of sp³-hybridized carbons (Fsp3) is 0.0870. The van der Waals surface area contributed by atoms with Gasteiger partial charge in [0, 0.05) is 41.9 Å². The number of nitrogens with one attached hydrogen (secondary N) is 1. The molecule has 3 heterocycles. The van der Waals surface area contributed by atoms with Crippen LogP contribution >= 0.6 is 11.6 Å². The predicted molar refractivity (Wildman–Crippen MR) is 118 cm³/mol. The minimum absolute atomic E-state index is 0.174. The molecular formula is C23H16ClFN4O2. The van der Waals surface area contributed by atoms with Gasteiger partial charge in [0.05, 0.1) is 27.8 Å². The molecular weight excluding hydrogens is 419 g/mol. The van der Waals surface area contributed by atoms with E-state index in [1.165, 1.54) is 10.6 Å². The molecule has 0 bridgehead atoms. The molecule has 0 saturated heterocycles. The highest BCUT2D eigenvalue weighted by Gasteiger charge is 2.15. The molecule has 0 spiro atoms. The Labute approximate surface area is 180 Å². The molecule has 5 rings (SSSR count). The summed E-state index contributed by atoms with van der Waals surface area (Å²) in [4.78, 5) is 24.1. The average Bonchev–Trinajstić information content (AvgIpc) is 3.12. The maximum absolute atomic E-state index is 14.9. The summed E-state index contributed by atoms with van der Waals surface area (Å²) < 4.78 is 22.0. The van der Waals surface area contributed by atoms with Crippen LogP contribution in [-0.4, -0.2) is 19.5 Å². The number of pyridine rings is 2. The lowest BCUT2D eigenvalue weighted by Crippen LogP contribution is -2.16. The number of hydrogen-bond donors (Lipinski definition) is 1. The summed E-state index contributed by atoms with van der Waals surface area (Å²) in [7, 11) is 1.64. The Morgan fingerprint density at radius 3 is 2.81 bits per heavy atom. The van der Waals surface area contributed by atoms with Crippen molar-refractivity contribution in [3.05, 3.63) is 81.9 Å². The van der Waals surface area contributed by atoms with E-state index in [0.29, 0.717) is 27.4 Å². The number of halogens is 2. The Morgan fingerprint density at radius 2 is 2.00 bits per heavy atom. The zero-order valence-corrected chi connectivity index (χ0v) is 17.4. The van der Waals surface area contributed by atoms with Crippen molar-refractivity contribution in [2.45, 2.75) is 6.92 Å². The third-order valence-corrected chi connectivity index (χ3v) is 5.38. The van der Waals surface area contributed by atoms with Gasteiger partial charge in [-0.15, -0.1) is 0 Å². The smallest absolute Gasteiger partial charge is 0.293 e. The zero-order valence-electron chi connectivity index (χ0n) is 16.6. The Kier molecular flexibility index (Phi) is 4.48. The molecule has 0 aliphatic rings. The number of imidazole rings is 1. The monoisotopic (exact) mass is 434 g/mol. The highest BCUT2D eigenvalue weighted by atomic mass is 35.5. The molecule has 0 aliphatic carbocycles. The number of aromatic nitrogens is 4. The van der Waals surface area contributed by atoms with Crippen LogP contribution in [0.4, 0.5) is 4.39 Å². The largest absolute Gasteiger partial charge is 0.452 e. The van der Waals surface area contributed by atoms with Crippen LogP contribution in [0.1, 0.15) is 5.82 Å². The van der Waals surface area contributed by atoms with Crippen molar-refractivity contribution < 1.29 is 9.13 Å². The highest BCUT2D eigenvalue weighted by Crippen LogP contribution is 2.36. The van der Waals surface area contributed by atoms with Crippen LogP contribution < -0.4 is 10.3 Å². The van der Waals surface area contributed by atoms with E-state index in [1.54, 1.807) is 55.8 Å². The Balaban J connectivity index is 1.59. The number of aromatic amines is 1. The highest BCUT2D eigenvalue weighted by molar-refractivity contribution is 6.33. The van der Waals surface area contributed by atoms with Crippen LogP contribution in [0.5, 0.6) is 11.5 Å². The van der Waals surface area contributed by atoms with Gasteiger partial charge in [-0.25, -0.2) is 9.37 Å². The topological polar surface area (TPSA) is 72.8 Å². The maximum atomic E-state index is 14.9. The van der Waals surface area contributed by atoms with Gasteiger partial charge in [-0.3, -0.25) is 9.78 Å². The number of aryl methyl sites for hydroxylation is 2. The number of rotatable bonds is 3. The van der Waals surface area contributed by atoms with E-state index in [4.69, 9.17) is 16.3 Å². The molecule has 8 heteroatoms. The first-order valence-electron chi connectivity index (χ1n) is 9.49. The predicted octanol–water partition coefficient (Wildman–Crippen LogP) is 5.37. The molecule has 0 unspecified atom stereocenters. The van der Waals surface area contributed by atoms with E-state index in [2.05, 4.69) is 15.0 Å². The molecule has 154 valence electrons. The van der Waals surface area contributed by atoms with Crippen LogP contribution in [0.3, 0.4) is 0 Å². The minimum Gasteiger partial charge on any atom is -0.452 e. The van der Waals surface area contributed by atoms with Crippen molar-refractivity contribution in [2.75, 3.05) is 0 Å². The molecule has 0 radical (unpaired) electrons. The lowest BCUT2D eigenvalue weighted by Gasteiger charge is -2.11. The second-order valence-electron chi connectivity index (χ2n) is 7.22. The summed E-state index contributed by atoms with van der Waals surface area (Å²) >= 11 is 6.48. The van der Waals surface area contributed by atoms with Gasteiger partial charge in [-0.1, -0.05) is 11.6 Å². The molecule has 1 N–H and O–H groups in total. The van der Waals surface area contributed by atoms with E-state index in [1.807, 2.05) is 6.92 Å². The maximum Gasteiger partial charge on any atom is 0.293 e. The van der Waals surface area contributed by atoms with Crippen molar-refractivity contribution >= 4 is 33.5 Å². The zero-order chi connectivity index (χ0) is 21.7. The van der Waals surface area contributed by atoms with Gasteiger partial charge >= 0.3 is 0 Å². The van der Waals surface area contributed by atoms with E-state index in [9.17, 15) is 9.18 Å².